The predicted octanol–water partition coefficient (Wildman–Crippen LogP) is 2.84. The zero-order valence-electron chi connectivity index (χ0n) is 5.79. The largest absolute Gasteiger partial charge is 0.134 e. The van der Waals surface area contributed by atoms with Gasteiger partial charge in [-0.3, -0.25) is 0 Å². The Morgan fingerprint density at radius 2 is 2.09 bits per heavy atom. The van der Waals surface area contributed by atoms with Crippen LogP contribution in [0.4, 0.5) is 0 Å². The first-order valence-corrected chi connectivity index (χ1v) is 4.19. The lowest BCUT2D eigenvalue weighted by Crippen LogP contribution is -1.65. The summed E-state index contributed by atoms with van der Waals surface area (Å²) in [6.45, 7) is 0. The Balaban J connectivity index is 2.89. The maximum Gasteiger partial charge on any atom is 0.0857 e. The average molecular weight is 157 g/mol. The highest BCUT2D eigenvalue weighted by molar-refractivity contribution is 7.12. The molecule has 0 amide bonds. The molecule has 0 aliphatic rings. The van der Waals surface area contributed by atoms with E-state index < -0.39 is 0 Å². The lowest BCUT2D eigenvalue weighted by atomic mass is 10.2. The summed E-state index contributed by atoms with van der Waals surface area (Å²) in [4.78, 5) is 0.917. The Morgan fingerprint density at radius 3 is 2.91 bits per heavy atom. The van der Waals surface area contributed by atoms with Crippen LogP contribution in [0.15, 0.2) is 29.6 Å². The average Bonchev–Trinajstić information content (AvgIpc) is 2.47. The Morgan fingerprint density at radius 1 is 1.27 bits per heavy atom. The third-order valence-electron chi connectivity index (χ3n) is 1.62. The van der Waals surface area contributed by atoms with Crippen molar-refractivity contribution in [1.82, 2.24) is 0 Å². The smallest absolute Gasteiger partial charge is 0.0857 e. The van der Waals surface area contributed by atoms with Crippen LogP contribution in [0, 0.1) is 12.3 Å². The van der Waals surface area contributed by atoms with Gasteiger partial charge in [0.1, 0.15) is 0 Å². The van der Waals surface area contributed by atoms with Gasteiger partial charge in [-0.15, -0.1) is 11.3 Å². The van der Waals surface area contributed by atoms with Gasteiger partial charge in [0.2, 0.25) is 0 Å². The third kappa shape index (κ3) is 0.923. The molecule has 1 heteroatoms. The summed E-state index contributed by atoms with van der Waals surface area (Å²) in [5, 5.41) is 4.38. The lowest BCUT2D eigenvalue weighted by molar-refractivity contribution is 1.83. The minimum Gasteiger partial charge on any atom is -0.134 e. The van der Waals surface area contributed by atoms with E-state index in [0.717, 1.165) is 10.3 Å². The molecule has 0 unspecified atom stereocenters. The van der Waals surface area contributed by atoms with E-state index in [-0.39, 0.29) is 0 Å². The summed E-state index contributed by atoms with van der Waals surface area (Å²) in [7, 11) is 0. The molecule has 0 aliphatic carbocycles. The van der Waals surface area contributed by atoms with Gasteiger partial charge in [0.25, 0.3) is 0 Å². The quantitative estimate of drug-likeness (QED) is 0.516. The van der Waals surface area contributed by atoms with Crippen LogP contribution in [-0.2, 0) is 0 Å². The first-order chi connectivity index (χ1) is 5.42. The Bertz CT molecular complexity index is 418. The summed E-state index contributed by atoms with van der Waals surface area (Å²) < 4.78 is 0. The molecule has 0 nitrogen and oxygen atoms in total. The molecule has 0 atom stereocenters. The molecule has 0 N–H and O–H groups in total. The van der Waals surface area contributed by atoms with Gasteiger partial charge in [0, 0.05) is 5.39 Å². The van der Waals surface area contributed by atoms with Gasteiger partial charge in [0.15, 0.2) is 0 Å². The van der Waals surface area contributed by atoms with Gasteiger partial charge in [-0.1, -0.05) is 24.3 Å². The van der Waals surface area contributed by atoms with E-state index in [4.69, 9.17) is 6.42 Å². The molecule has 2 rings (SSSR count). The van der Waals surface area contributed by atoms with Crippen LogP contribution in [0.5, 0.6) is 0 Å². The Hall–Kier alpha value is -1.26. The summed E-state index contributed by atoms with van der Waals surface area (Å²) in [6.07, 6.45) is 7.00. The standard InChI is InChI=1S/C10H5S/c1-2-10-9-6-4-3-5-8(9)7-11-10/h3-7H. The molecule has 0 spiro atoms. The van der Waals surface area contributed by atoms with Crippen molar-refractivity contribution in [1.29, 1.82) is 0 Å². The molecule has 0 fully saturated rings. The molecule has 0 bridgehead atoms. The Kier molecular flexibility index (Phi) is 1.41. The SMILES string of the molecule is [C]#Cc1scc2ccccc12. The molecule has 1 aromatic heterocycles. The van der Waals surface area contributed by atoms with E-state index in [9.17, 15) is 0 Å². The van der Waals surface area contributed by atoms with Crippen LogP contribution in [-0.4, -0.2) is 0 Å². The summed E-state index contributed by atoms with van der Waals surface area (Å²) in [5.74, 6) is 2.42. The third-order valence-corrected chi connectivity index (χ3v) is 2.55. The van der Waals surface area contributed by atoms with E-state index in [1.165, 1.54) is 5.39 Å². The number of hydrogen-bond donors (Lipinski definition) is 0. The number of rotatable bonds is 0. The molecule has 0 saturated carbocycles. The van der Waals surface area contributed by atoms with Crippen LogP contribution in [0.3, 0.4) is 0 Å². The second-order valence-corrected chi connectivity index (χ2v) is 3.16. The molecular formula is C10H5S. The van der Waals surface area contributed by atoms with Gasteiger partial charge in [0.05, 0.1) is 4.88 Å². The lowest BCUT2D eigenvalue weighted by Gasteiger charge is -1.86. The second kappa shape index (κ2) is 2.41. The molecule has 2 aromatic rings. The van der Waals surface area contributed by atoms with E-state index in [2.05, 4.69) is 5.92 Å². The molecular weight excluding hydrogens is 152 g/mol. The molecule has 51 valence electrons. The number of hydrogen-bond acceptors (Lipinski definition) is 1. The van der Waals surface area contributed by atoms with E-state index in [1.807, 2.05) is 29.6 Å². The second-order valence-electron chi connectivity index (χ2n) is 2.28. The minimum atomic E-state index is 0.917. The molecule has 11 heavy (non-hydrogen) atoms. The molecule has 1 aromatic carbocycles. The monoisotopic (exact) mass is 157 g/mol. The Labute approximate surface area is 69.5 Å². The van der Waals surface area contributed by atoms with Crippen molar-refractivity contribution in [3.8, 4) is 5.92 Å². The summed E-state index contributed by atoms with van der Waals surface area (Å²) in [5.41, 5.74) is 0. The maximum atomic E-state index is 7.00. The highest BCUT2D eigenvalue weighted by atomic mass is 32.1. The number of fused-ring (bicyclic) bond motifs is 1. The van der Waals surface area contributed by atoms with E-state index >= 15 is 0 Å². The van der Waals surface area contributed by atoms with Gasteiger partial charge in [-0.2, -0.15) is 0 Å². The van der Waals surface area contributed by atoms with Crippen LogP contribution >= 0.6 is 11.3 Å². The zero-order chi connectivity index (χ0) is 7.68. The van der Waals surface area contributed by atoms with Gasteiger partial charge in [-0.25, -0.2) is 0 Å². The fraction of sp³-hybridized carbons (Fsp3) is 0. The fourth-order valence-corrected chi connectivity index (χ4v) is 1.91. The molecule has 1 radical (unpaired) electrons. The van der Waals surface area contributed by atoms with Crippen molar-refractivity contribution >= 4 is 22.1 Å². The molecule has 0 aliphatic heterocycles. The number of thiophene rings is 1. The van der Waals surface area contributed by atoms with Crippen LogP contribution < -0.4 is 0 Å². The summed E-state index contributed by atoms with van der Waals surface area (Å²) in [6, 6.07) is 8.05. The van der Waals surface area contributed by atoms with Crippen molar-refractivity contribution in [3.63, 3.8) is 0 Å². The highest BCUT2D eigenvalue weighted by Gasteiger charge is 1.98. The predicted molar refractivity (Wildman–Crippen MR) is 48.1 cm³/mol. The van der Waals surface area contributed by atoms with Gasteiger partial charge < -0.3 is 0 Å². The zero-order valence-corrected chi connectivity index (χ0v) is 6.61. The van der Waals surface area contributed by atoms with Crippen LogP contribution in [0.1, 0.15) is 4.88 Å². The fourth-order valence-electron chi connectivity index (χ4n) is 1.09. The first kappa shape index (κ1) is 6.45. The van der Waals surface area contributed by atoms with Crippen molar-refractivity contribution in [2.45, 2.75) is 0 Å². The van der Waals surface area contributed by atoms with Gasteiger partial charge >= 0.3 is 0 Å². The minimum absolute atomic E-state index is 0.917. The van der Waals surface area contributed by atoms with Crippen molar-refractivity contribution in [3.05, 3.63) is 40.9 Å². The maximum absolute atomic E-state index is 7.00. The molecule has 1 heterocycles. The van der Waals surface area contributed by atoms with Crippen LogP contribution in [0.25, 0.3) is 10.8 Å². The topological polar surface area (TPSA) is 0 Å². The first-order valence-electron chi connectivity index (χ1n) is 3.31. The summed E-state index contributed by atoms with van der Waals surface area (Å²) >= 11 is 1.56. The van der Waals surface area contributed by atoms with Crippen LogP contribution in [0.2, 0.25) is 0 Å². The van der Waals surface area contributed by atoms with E-state index in [0.29, 0.717) is 0 Å². The van der Waals surface area contributed by atoms with Crippen molar-refractivity contribution in [2.24, 2.45) is 0 Å². The van der Waals surface area contributed by atoms with Crippen molar-refractivity contribution < 1.29 is 0 Å². The van der Waals surface area contributed by atoms with Gasteiger partial charge in [-0.05, 0) is 23.1 Å². The number of benzene rings is 1. The highest BCUT2D eigenvalue weighted by Crippen LogP contribution is 2.23. The normalized spacial score (nSPS) is 9.73. The molecule has 0 saturated heterocycles. The van der Waals surface area contributed by atoms with Crippen molar-refractivity contribution in [2.75, 3.05) is 0 Å². The van der Waals surface area contributed by atoms with E-state index in [1.54, 1.807) is 11.3 Å².